The van der Waals surface area contributed by atoms with Gasteiger partial charge in [-0.3, -0.25) is 5.10 Å². The molecule has 6 heteroatoms. The second kappa shape index (κ2) is 6.10. The summed E-state index contributed by atoms with van der Waals surface area (Å²) in [5.74, 6) is 1.47. The summed E-state index contributed by atoms with van der Waals surface area (Å²) in [4.78, 5) is 0. The maximum Gasteiger partial charge on any atom is 0.145 e. The van der Waals surface area contributed by atoms with Crippen molar-refractivity contribution in [2.24, 2.45) is 0 Å². The average Bonchev–Trinajstić information content (AvgIpc) is 2.78. The van der Waals surface area contributed by atoms with E-state index in [0.717, 1.165) is 17.0 Å². The van der Waals surface area contributed by atoms with Gasteiger partial charge in [-0.1, -0.05) is 12.1 Å². The van der Waals surface area contributed by atoms with Crippen LogP contribution in [0.3, 0.4) is 0 Å². The van der Waals surface area contributed by atoms with Crippen LogP contribution in [0.2, 0.25) is 0 Å². The quantitative estimate of drug-likeness (QED) is 0.622. The number of nitrogens with one attached hydrogen (secondary N) is 2. The molecule has 0 aliphatic rings. The van der Waals surface area contributed by atoms with Crippen LogP contribution in [0.15, 0.2) is 24.3 Å². The molecule has 2 rings (SSSR count). The molecule has 1 heterocycles. The first-order valence-corrected chi connectivity index (χ1v) is 6.05. The zero-order valence-electron chi connectivity index (χ0n) is 10.8. The summed E-state index contributed by atoms with van der Waals surface area (Å²) in [6.45, 7) is 0.487. The summed E-state index contributed by atoms with van der Waals surface area (Å²) >= 11 is 0. The zero-order chi connectivity index (χ0) is 13.7. The van der Waals surface area contributed by atoms with E-state index >= 15 is 0 Å². The summed E-state index contributed by atoms with van der Waals surface area (Å²) in [6, 6.07) is 7.77. The molecule has 102 valence electrons. The predicted octanol–water partition coefficient (Wildman–Crippen LogP) is 0.995. The maximum absolute atomic E-state index is 8.76. The van der Waals surface area contributed by atoms with E-state index in [1.54, 1.807) is 7.11 Å². The maximum atomic E-state index is 8.76. The Labute approximate surface area is 111 Å². The summed E-state index contributed by atoms with van der Waals surface area (Å²) < 4.78 is 5.11. The van der Waals surface area contributed by atoms with E-state index in [9.17, 15) is 0 Å². The molecule has 0 saturated carbocycles. The van der Waals surface area contributed by atoms with Crippen LogP contribution in [0.4, 0.5) is 11.5 Å². The fraction of sp³-hybridized carbons (Fsp3) is 0.308. The van der Waals surface area contributed by atoms with Crippen molar-refractivity contribution in [2.45, 2.75) is 6.42 Å². The highest BCUT2D eigenvalue weighted by molar-refractivity contribution is 5.64. The first-order valence-electron chi connectivity index (χ1n) is 6.05. The van der Waals surface area contributed by atoms with Crippen molar-refractivity contribution in [1.29, 1.82) is 0 Å². The molecule has 1 aromatic heterocycles. The Bertz CT molecular complexity index is 522. The van der Waals surface area contributed by atoms with Crippen LogP contribution in [-0.2, 0) is 6.42 Å². The van der Waals surface area contributed by atoms with Crippen molar-refractivity contribution in [2.75, 3.05) is 31.3 Å². The number of aliphatic hydroxyl groups excluding tert-OH is 1. The largest absolute Gasteiger partial charge is 0.497 e. The number of hydrogen-bond acceptors (Lipinski definition) is 5. The molecule has 5 N–H and O–H groups in total. The second-order valence-corrected chi connectivity index (χ2v) is 4.13. The number of anilines is 2. The number of rotatable bonds is 6. The third kappa shape index (κ3) is 3.17. The minimum atomic E-state index is 0.0479. The van der Waals surface area contributed by atoms with Crippen LogP contribution in [0, 0.1) is 0 Å². The molecule has 0 amide bonds. The van der Waals surface area contributed by atoms with Gasteiger partial charge in [0.05, 0.1) is 25.1 Å². The number of aliphatic hydroxyl groups is 1. The minimum absolute atomic E-state index is 0.0479. The Kier molecular flexibility index (Phi) is 4.25. The molecule has 6 nitrogen and oxygen atoms in total. The molecule has 0 fully saturated rings. The van der Waals surface area contributed by atoms with Gasteiger partial charge in [0.1, 0.15) is 11.6 Å². The minimum Gasteiger partial charge on any atom is -0.497 e. The summed E-state index contributed by atoms with van der Waals surface area (Å²) in [5.41, 5.74) is 8.46. The number of methoxy groups -OCH3 is 1. The molecule has 0 spiro atoms. The molecule has 0 aliphatic carbocycles. The van der Waals surface area contributed by atoms with Gasteiger partial charge in [0.25, 0.3) is 0 Å². The topological polar surface area (TPSA) is 96.2 Å². The molecule has 0 atom stereocenters. The molecule has 0 saturated heterocycles. The third-order valence-corrected chi connectivity index (χ3v) is 2.83. The molecule has 19 heavy (non-hydrogen) atoms. The molecule has 0 aliphatic heterocycles. The van der Waals surface area contributed by atoms with Gasteiger partial charge in [0, 0.05) is 13.0 Å². The summed E-state index contributed by atoms with van der Waals surface area (Å²) in [6.07, 6.45) is 0.646. The van der Waals surface area contributed by atoms with Crippen molar-refractivity contribution in [3.8, 4) is 5.75 Å². The normalized spacial score (nSPS) is 10.4. The molecular formula is C13H18N4O2. The Morgan fingerprint density at radius 2 is 2.11 bits per heavy atom. The van der Waals surface area contributed by atoms with Crippen molar-refractivity contribution in [3.05, 3.63) is 35.5 Å². The molecule has 1 aromatic carbocycles. The number of benzene rings is 1. The van der Waals surface area contributed by atoms with E-state index in [4.69, 9.17) is 15.6 Å². The lowest BCUT2D eigenvalue weighted by Gasteiger charge is -2.04. The van der Waals surface area contributed by atoms with Gasteiger partial charge < -0.3 is 20.9 Å². The van der Waals surface area contributed by atoms with E-state index in [-0.39, 0.29) is 6.61 Å². The van der Waals surface area contributed by atoms with Gasteiger partial charge in [-0.15, -0.1) is 0 Å². The van der Waals surface area contributed by atoms with Crippen LogP contribution >= 0.6 is 0 Å². The molecule has 0 radical (unpaired) electrons. The lowest BCUT2D eigenvalue weighted by molar-refractivity contribution is 0.311. The lowest BCUT2D eigenvalue weighted by Crippen LogP contribution is -2.07. The number of hydrogen-bond donors (Lipinski definition) is 4. The Hall–Kier alpha value is -2.21. The average molecular weight is 262 g/mol. The van der Waals surface area contributed by atoms with Crippen molar-refractivity contribution in [1.82, 2.24) is 10.2 Å². The fourth-order valence-corrected chi connectivity index (χ4v) is 1.78. The van der Waals surface area contributed by atoms with E-state index in [2.05, 4.69) is 15.5 Å². The highest BCUT2D eigenvalue weighted by atomic mass is 16.5. The van der Waals surface area contributed by atoms with Gasteiger partial charge in [0.2, 0.25) is 0 Å². The van der Waals surface area contributed by atoms with Crippen LogP contribution < -0.4 is 15.8 Å². The molecule has 2 aromatic rings. The number of nitrogens with zero attached hydrogens (tertiary/aromatic N) is 1. The fourth-order valence-electron chi connectivity index (χ4n) is 1.78. The first-order chi connectivity index (χ1) is 9.24. The molecular weight excluding hydrogens is 244 g/mol. The highest BCUT2D eigenvalue weighted by Crippen LogP contribution is 2.22. The third-order valence-electron chi connectivity index (χ3n) is 2.83. The molecule has 0 unspecified atom stereocenters. The summed E-state index contributed by atoms with van der Waals surface area (Å²) in [5, 5.41) is 18.7. The predicted molar refractivity (Wildman–Crippen MR) is 74.4 cm³/mol. The number of ether oxygens (including phenoxy) is 1. The van der Waals surface area contributed by atoms with Gasteiger partial charge in [-0.2, -0.15) is 5.10 Å². The second-order valence-electron chi connectivity index (χ2n) is 4.13. The number of H-pyrrole nitrogens is 1. The van der Waals surface area contributed by atoms with E-state index in [0.29, 0.717) is 24.5 Å². The smallest absolute Gasteiger partial charge is 0.145 e. The van der Waals surface area contributed by atoms with E-state index in [1.807, 2.05) is 24.3 Å². The van der Waals surface area contributed by atoms with Gasteiger partial charge in [-0.25, -0.2) is 0 Å². The van der Waals surface area contributed by atoms with Crippen LogP contribution in [0.1, 0.15) is 11.3 Å². The van der Waals surface area contributed by atoms with Crippen molar-refractivity contribution < 1.29 is 9.84 Å². The lowest BCUT2D eigenvalue weighted by atomic mass is 10.1. The standard InChI is InChI=1S/C13H18N4O2/c1-19-10-4-2-9(3-5-10)8-11-12(14)13(17-16-11)15-6-7-18/h2-5,18H,6-8,14H2,1H3,(H2,15,16,17). The van der Waals surface area contributed by atoms with Crippen LogP contribution in [-0.4, -0.2) is 35.6 Å². The Balaban J connectivity index is 2.07. The zero-order valence-corrected chi connectivity index (χ0v) is 10.8. The summed E-state index contributed by atoms with van der Waals surface area (Å²) in [7, 11) is 1.64. The first kappa shape index (κ1) is 13.2. The monoisotopic (exact) mass is 262 g/mol. The SMILES string of the molecule is COc1ccc(Cc2n[nH]c(NCCO)c2N)cc1. The van der Waals surface area contributed by atoms with Crippen molar-refractivity contribution >= 4 is 11.5 Å². The van der Waals surface area contributed by atoms with E-state index in [1.165, 1.54) is 0 Å². The van der Waals surface area contributed by atoms with Gasteiger partial charge in [0.15, 0.2) is 0 Å². The van der Waals surface area contributed by atoms with E-state index < -0.39 is 0 Å². The number of nitrogens with two attached hydrogens (primary N) is 1. The van der Waals surface area contributed by atoms with Crippen LogP contribution in [0.5, 0.6) is 5.75 Å². The van der Waals surface area contributed by atoms with Crippen LogP contribution in [0.25, 0.3) is 0 Å². The Morgan fingerprint density at radius 3 is 2.74 bits per heavy atom. The van der Waals surface area contributed by atoms with Crippen molar-refractivity contribution in [3.63, 3.8) is 0 Å². The number of aromatic nitrogens is 2. The molecule has 0 bridgehead atoms. The number of nitrogen functional groups attached to an aromatic ring is 1. The highest BCUT2D eigenvalue weighted by Gasteiger charge is 2.10. The van der Waals surface area contributed by atoms with Gasteiger partial charge in [-0.05, 0) is 17.7 Å². The Morgan fingerprint density at radius 1 is 1.37 bits per heavy atom. The number of aromatic amines is 1. The van der Waals surface area contributed by atoms with Gasteiger partial charge >= 0.3 is 0 Å².